The van der Waals surface area contributed by atoms with Crippen LogP contribution in [0, 0.1) is 0 Å². The van der Waals surface area contributed by atoms with Gasteiger partial charge in [-0.25, -0.2) is 4.98 Å². The van der Waals surface area contributed by atoms with Crippen LogP contribution in [0.25, 0.3) is 11.0 Å². The molecular weight excluding hydrogens is 286 g/mol. The molecule has 1 aromatic carbocycles. The second-order valence-electron chi connectivity index (χ2n) is 6.57. The first-order valence-corrected chi connectivity index (χ1v) is 7.90. The second kappa shape index (κ2) is 5.27. The predicted octanol–water partition coefficient (Wildman–Crippen LogP) is 3.36. The smallest absolute Gasteiger partial charge is 0.141 e. The molecule has 0 atom stereocenters. The molecule has 114 valence electrons. The van der Waals surface area contributed by atoms with Gasteiger partial charge in [0.25, 0.3) is 0 Å². The standard InChI is InChI=1S/C16H22ClN3O/c1-16(2,21)15-19-13-9-10(17)3-8-14(13)20(15)12-6-4-11(18)5-7-12/h3,8-9,11-12,21H,4-7,18H2,1-2H3. The molecule has 1 aliphatic carbocycles. The Hall–Kier alpha value is -1.10. The maximum absolute atomic E-state index is 10.5. The summed E-state index contributed by atoms with van der Waals surface area (Å²) in [6, 6.07) is 6.38. The van der Waals surface area contributed by atoms with Crippen LogP contribution in [0.1, 0.15) is 51.4 Å². The molecule has 4 nitrogen and oxygen atoms in total. The number of hydrogen-bond donors (Lipinski definition) is 2. The molecule has 0 aliphatic heterocycles. The second-order valence-corrected chi connectivity index (χ2v) is 7.00. The lowest BCUT2D eigenvalue weighted by Gasteiger charge is -2.31. The summed E-state index contributed by atoms with van der Waals surface area (Å²) in [5.74, 6) is 0.709. The Bertz CT molecular complexity index is 651. The van der Waals surface area contributed by atoms with Gasteiger partial charge < -0.3 is 15.4 Å². The van der Waals surface area contributed by atoms with Crippen LogP contribution in [-0.2, 0) is 5.60 Å². The summed E-state index contributed by atoms with van der Waals surface area (Å²) in [5.41, 5.74) is 6.91. The highest BCUT2D eigenvalue weighted by molar-refractivity contribution is 6.31. The summed E-state index contributed by atoms with van der Waals surface area (Å²) in [4.78, 5) is 4.64. The fourth-order valence-corrected chi connectivity index (χ4v) is 3.40. The Morgan fingerprint density at radius 2 is 1.95 bits per heavy atom. The molecule has 3 rings (SSSR count). The molecule has 1 fully saturated rings. The number of aromatic nitrogens is 2. The molecule has 1 heterocycles. The highest BCUT2D eigenvalue weighted by atomic mass is 35.5. The normalized spacial score (nSPS) is 23.7. The lowest BCUT2D eigenvalue weighted by molar-refractivity contribution is 0.0622. The van der Waals surface area contributed by atoms with Crippen LogP contribution in [0.4, 0.5) is 0 Å². The third kappa shape index (κ3) is 2.80. The van der Waals surface area contributed by atoms with Crippen LogP contribution in [-0.4, -0.2) is 20.7 Å². The summed E-state index contributed by atoms with van der Waals surface area (Å²) < 4.78 is 2.19. The first-order chi connectivity index (χ1) is 9.86. The molecule has 0 amide bonds. The van der Waals surface area contributed by atoms with Gasteiger partial charge in [-0.1, -0.05) is 11.6 Å². The third-order valence-corrected chi connectivity index (χ3v) is 4.54. The van der Waals surface area contributed by atoms with Crippen molar-refractivity contribution in [1.29, 1.82) is 0 Å². The number of hydrogen-bond acceptors (Lipinski definition) is 3. The van der Waals surface area contributed by atoms with Gasteiger partial charge in [-0.3, -0.25) is 0 Å². The minimum Gasteiger partial charge on any atom is -0.383 e. The summed E-state index contributed by atoms with van der Waals surface area (Å²) >= 11 is 6.07. The van der Waals surface area contributed by atoms with Crippen molar-refractivity contribution in [2.45, 2.75) is 57.2 Å². The van der Waals surface area contributed by atoms with E-state index in [9.17, 15) is 5.11 Å². The number of aliphatic hydroxyl groups is 1. The van der Waals surface area contributed by atoms with Crippen LogP contribution in [0.5, 0.6) is 0 Å². The van der Waals surface area contributed by atoms with E-state index in [-0.39, 0.29) is 0 Å². The Kier molecular flexibility index (Phi) is 3.72. The van der Waals surface area contributed by atoms with Gasteiger partial charge in [0.05, 0.1) is 11.0 Å². The Balaban J connectivity index is 2.14. The van der Waals surface area contributed by atoms with Crippen molar-refractivity contribution in [3.8, 4) is 0 Å². The highest BCUT2D eigenvalue weighted by Crippen LogP contribution is 2.35. The number of imidazole rings is 1. The van der Waals surface area contributed by atoms with Crippen LogP contribution in [0.2, 0.25) is 5.02 Å². The molecule has 5 heteroatoms. The van der Waals surface area contributed by atoms with Crippen LogP contribution < -0.4 is 5.73 Å². The molecular formula is C16H22ClN3O. The van der Waals surface area contributed by atoms with E-state index in [2.05, 4.69) is 9.55 Å². The molecule has 0 unspecified atom stereocenters. The Morgan fingerprint density at radius 1 is 1.29 bits per heavy atom. The zero-order chi connectivity index (χ0) is 15.2. The molecule has 1 aromatic heterocycles. The Morgan fingerprint density at radius 3 is 2.57 bits per heavy atom. The van der Waals surface area contributed by atoms with Gasteiger partial charge in [0.2, 0.25) is 0 Å². The van der Waals surface area contributed by atoms with E-state index >= 15 is 0 Å². The monoisotopic (exact) mass is 307 g/mol. The minimum atomic E-state index is -0.981. The number of nitrogens with zero attached hydrogens (tertiary/aromatic N) is 2. The number of nitrogens with two attached hydrogens (primary N) is 1. The quantitative estimate of drug-likeness (QED) is 0.894. The highest BCUT2D eigenvalue weighted by Gasteiger charge is 2.30. The number of halogens is 1. The fourth-order valence-electron chi connectivity index (χ4n) is 3.23. The van der Waals surface area contributed by atoms with E-state index in [0.717, 1.165) is 36.7 Å². The molecule has 1 saturated carbocycles. The van der Waals surface area contributed by atoms with Crippen molar-refractivity contribution >= 4 is 22.6 Å². The summed E-state index contributed by atoms with van der Waals surface area (Å²) in [6.45, 7) is 3.56. The SMILES string of the molecule is CC(C)(O)c1nc2cc(Cl)ccc2n1C1CCC(N)CC1. The Labute approximate surface area is 129 Å². The van der Waals surface area contributed by atoms with Crippen molar-refractivity contribution in [1.82, 2.24) is 9.55 Å². The topological polar surface area (TPSA) is 64.1 Å². The molecule has 3 N–H and O–H groups in total. The van der Waals surface area contributed by atoms with Gasteiger partial charge in [0.1, 0.15) is 11.4 Å². The van der Waals surface area contributed by atoms with E-state index in [0.29, 0.717) is 22.9 Å². The van der Waals surface area contributed by atoms with Gasteiger partial charge in [0.15, 0.2) is 0 Å². The molecule has 2 aromatic rings. The van der Waals surface area contributed by atoms with Gasteiger partial charge >= 0.3 is 0 Å². The van der Waals surface area contributed by atoms with Crippen LogP contribution in [0.3, 0.4) is 0 Å². The summed E-state index contributed by atoms with van der Waals surface area (Å²) in [6.07, 6.45) is 4.09. The van der Waals surface area contributed by atoms with Crippen LogP contribution >= 0.6 is 11.6 Å². The number of fused-ring (bicyclic) bond motifs is 1. The predicted molar refractivity (Wildman–Crippen MR) is 85.5 cm³/mol. The van der Waals surface area contributed by atoms with Crippen molar-refractivity contribution in [3.05, 3.63) is 29.0 Å². The molecule has 0 radical (unpaired) electrons. The average molecular weight is 308 g/mol. The van der Waals surface area contributed by atoms with Crippen molar-refractivity contribution in [2.24, 2.45) is 5.73 Å². The van der Waals surface area contributed by atoms with Crippen molar-refractivity contribution in [2.75, 3.05) is 0 Å². The molecule has 0 bridgehead atoms. The molecule has 21 heavy (non-hydrogen) atoms. The first kappa shape index (κ1) is 14.8. The minimum absolute atomic E-state index is 0.302. The lowest BCUT2D eigenvalue weighted by atomic mass is 9.91. The maximum atomic E-state index is 10.5. The molecule has 0 spiro atoms. The van der Waals surface area contributed by atoms with Gasteiger partial charge in [-0.2, -0.15) is 0 Å². The van der Waals surface area contributed by atoms with Gasteiger partial charge in [-0.15, -0.1) is 0 Å². The van der Waals surface area contributed by atoms with E-state index < -0.39 is 5.60 Å². The van der Waals surface area contributed by atoms with Gasteiger partial charge in [0, 0.05) is 17.1 Å². The molecule has 0 saturated heterocycles. The van der Waals surface area contributed by atoms with Crippen molar-refractivity contribution < 1.29 is 5.11 Å². The lowest BCUT2D eigenvalue weighted by Crippen LogP contribution is -2.30. The largest absolute Gasteiger partial charge is 0.383 e. The first-order valence-electron chi connectivity index (χ1n) is 7.52. The zero-order valence-electron chi connectivity index (χ0n) is 12.5. The van der Waals surface area contributed by atoms with E-state index in [4.69, 9.17) is 17.3 Å². The van der Waals surface area contributed by atoms with Crippen molar-refractivity contribution in [3.63, 3.8) is 0 Å². The van der Waals surface area contributed by atoms with E-state index in [1.54, 1.807) is 13.8 Å². The maximum Gasteiger partial charge on any atom is 0.141 e. The van der Waals surface area contributed by atoms with Crippen LogP contribution in [0.15, 0.2) is 18.2 Å². The fraction of sp³-hybridized carbons (Fsp3) is 0.562. The summed E-state index contributed by atoms with van der Waals surface area (Å²) in [7, 11) is 0. The van der Waals surface area contributed by atoms with E-state index in [1.807, 2.05) is 18.2 Å². The number of rotatable bonds is 2. The zero-order valence-corrected chi connectivity index (χ0v) is 13.3. The molecule has 1 aliphatic rings. The van der Waals surface area contributed by atoms with Gasteiger partial charge in [-0.05, 0) is 57.7 Å². The van der Waals surface area contributed by atoms with E-state index in [1.165, 1.54) is 0 Å². The summed E-state index contributed by atoms with van der Waals surface area (Å²) in [5, 5.41) is 11.1. The number of benzene rings is 1. The third-order valence-electron chi connectivity index (χ3n) is 4.31. The average Bonchev–Trinajstić information content (AvgIpc) is 2.78.